The van der Waals surface area contributed by atoms with Crippen LogP contribution in [-0.2, 0) is 0 Å². The van der Waals surface area contributed by atoms with E-state index < -0.39 is 11.7 Å². The second-order valence-electron chi connectivity index (χ2n) is 4.24. The third-order valence-corrected chi connectivity index (χ3v) is 4.57. The van der Waals surface area contributed by atoms with Crippen LogP contribution in [0.3, 0.4) is 0 Å². The van der Waals surface area contributed by atoms with E-state index in [1.807, 2.05) is 26.0 Å². The molecule has 1 unspecified atom stereocenters. The molecule has 1 aromatic heterocycles. The zero-order valence-electron chi connectivity index (χ0n) is 10.5. The highest BCUT2D eigenvalue weighted by atomic mass is 79.9. The lowest BCUT2D eigenvalue weighted by atomic mass is 10.2. The number of aryl methyl sites for hydroxylation is 1. The maximum Gasteiger partial charge on any atom is 0.255 e. The molecule has 0 saturated carbocycles. The zero-order chi connectivity index (χ0) is 14.0. The second-order valence-corrected chi connectivity index (χ2v) is 6.41. The standard InChI is InChI=1S/C14H13BrFNOS/c1-8-6-7-12(19-8)9(2)17-14(18)13-10(15)4-3-5-11(13)16/h3-7,9H,1-2H3,(H,17,18). The summed E-state index contributed by atoms with van der Waals surface area (Å²) in [4.78, 5) is 14.3. The van der Waals surface area contributed by atoms with Gasteiger partial charge in [-0.3, -0.25) is 4.79 Å². The van der Waals surface area contributed by atoms with Gasteiger partial charge in [0.1, 0.15) is 5.82 Å². The van der Waals surface area contributed by atoms with Crippen LogP contribution in [-0.4, -0.2) is 5.91 Å². The number of halogens is 2. The van der Waals surface area contributed by atoms with Gasteiger partial charge in [-0.2, -0.15) is 0 Å². The summed E-state index contributed by atoms with van der Waals surface area (Å²) < 4.78 is 14.1. The van der Waals surface area contributed by atoms with E-state index in [9.17, 15) is 9.18 Å². The van der Waals surface area contributed by atoms with Crippen molar-refractivity contribution in [3.63, 3.8) is 0 Å². The highest BCUT2D eigenvalue weighted by molar-refractivity contribution is 9.10. The van der Waals surface area contributed by atoms with Crippen LogP contribution >= 0.6 is 27.3 Å². The smallest absolute Gasteiger partial charge is 0.255 e. The van der Waals surface area contributed by atoms with Gasteiger partial charge < -0.3 is 5.32 Å². The Balaban J connectivity index is 2.17. The topological polar surface area (TPSA) is 29.1 Å². The number of nitrogens with one attached hydrogen (secondary N) is 1. The molecule has 0 aliphatic carbocycles. The fraction of sp³-hybridized carbons (Fsp3) is 0.214. The number of amides is 1. The van der Waals surface area contributed by atoms with Crippen molar-refractivity contribution in [1.82, 2.24) is 5.32 Å². The molecule has 0 aliphatic rings. The molecule has 19 heavy (non-hydrogen) atoms. The summed E-state index contributed by atoms with van der Waals surface area (Å²) in [5.74, 6) is -0.940. The van der Waals surface area contributed by atoms with E-state index in [1.54, 1.807) is 23.5 Å². The maximum absolute atomic E-state index is 13.7. The molecule has 1 atom stereocenters. The Morgan fingerprint density at radius 3 is 2.68 bits per heavy atom. The Hall–Kier alpha value is -1.20. The highest BCUT2D eigenvalue weighted by Gasteiger charge is 2.18. The molecule has 1 amide bonds. The first-order valence-corrected chi connectivity index (χ1v) is 7.41. The summed E-state index contributed by atoms with van der Waals surface area (Å²) in [7, 11) is 0. The summed E-state index contributed by atoms with van der Waals surface area (Å²) in [5, 5.41) is 2.81. The first-order chi connectivity index (χ1) is 8.99. The van der Waals surface area contributed by atoms with Gasteiger partial charge in [-0.25, -0.2) is 4.39 Å². The number of hydrogen-bond acceptors (Lipinski definition) is 2. The molecule has 1 aromatic carbocycles. The molecule has 0 aliphatic heterocycles. The summed E-state index contributed by atoms with van der Waals surface area (Å²) in [6.07, 6.45) is 0. The Kier molecular flexibility index (Phi) is 4.37. The van der Waals surface area contributed by atoms with Crippen LogP contribution in [0.5, 0.6) is 0 Å². The molecule has 2 nitrogen and oxygen atoms in total. The van der Waals surface area contributed by atoms with Gasteiger partial charge in [-0.05, 0) is 54.0 Å². The van der Waals surface area contributed by atoms with E-state index in [0.29, 0.717) is 4.47 Å². The molecule has 1 heterocycles. The number of carbonyl (C=O) groups excluding carboxylic acids is 1. The third-order valence-electron chi connectivity index (χ3n) is 2.73. The number of hydrogen-bond donors (Lipinski definition) is 1. The van der Waals surface area contributed by atoms with Crippen LogP contribution < -0.4 is 5.32 Å². The molecule has 2 aromatic rings. The van der Waals surface area contributed by atoms with Gasteiger partial charge in [0.2, 0.25) is 0 Å². The van der Waals surface area contributed by atoms with Crippen LogP contribution in [0.1, 0.15) is 33.1 Å². The predicted molar refractivity (Wildman–Crippen MR) is 79.0 cm³/mol. The predicted octanol–water partition coefficient (Wildman–Crippen LogP) is 4.45. The number of thiophene rings is 1. The molecule has 100 valence electrons. The van der Waals surface area contributed by atoms with Crippen molar-refractivity contribution in [3.05, 3.63) is 55.9 Å². The van der Waals surface area contributed by atoms with Crippen LogP contribution in [0.25, 0.3) is 0 Å². The first-order valence-electron chi connectivity index (χ1n) is 5.80. The monoisotopic (exact) mass is 341 g/mol. The van der Waals surface area contributed by atoms with E-state index in [2.05, 4.69) is 21.2 Å². The van der Waals surface area contributed by atoms with Crippen LogP contribution in [0, 0.1) is 12.7 Å². The van der Waals surface area contributed by atoms with Crippen molar-refractivity contribution >= 4 is 33.2 Å². The van der Waals surface area contributed by atoms with Crippen LogP contribution in [0.15, 0.2) is 34.8 Å². The minimum Gasteiger partial charge on any atom is -0.345 e. The van der Waals surface area contributed by atoms with E-state index >= 15 is 0 Å². The van der Waals surface area contributed by atoms with Crippen molar-refractivity contribution in [3.8, 4) is 0 Å². The Morgan fingerprint density at radius 2 is 2.11 bits per heavy atom. The quantitative estimate of drug-likeness (QED) is 0.877. The van der Waals surface area contributed by atoms with Gasteiger partial charge in [0, 0.05) is 14.2 Å². The molecule has 0 fully saturated rings. The average molecular weight is 342 g/mol. The van der Waals surface area contributed by atoms with Gasteiger partial charge in [-0.15, -0.1) is 11.3 Å². The van der Waals surface area contributed by atoms with Crippen LogP contribution in [0.2, 0.25) is 0 Å². The lowest BCUT2D eigenvalue weighted by Crippen LogP contribution is -2.27. The Morgan fingerprint density at radius 1 is 1.37 bits per heavy atom. The zero-order valence-corrected chi connectivity index (χ0v) is 12.9. The molecular weight excluding hydrogens is 329 g/mol. The molecular formula is C14H13BrFNOS. The normalized spacial score (nSPS) is 12.2. The summed E-state index contributed by atoms with van der Waals surface area (Å²) >= 11 is 4.82. The number of rotatable bonds is 3. The SMILES string of the molecule is Cc1ccc(C(C)NC(=O)c2c(F)cccc2Br)s1. The lowest BCUT2D eigenvalue weighted by Gasteiger charge is -2.13. The Labute approximate surface area is 123 Å². The molecule has 1 N–H and O–H groups in total. The molecule has 5 heteroatoms. The van der Waals surface area contributed by atoms with E-state index in [4.69, 9.17) is 0 Å². The van der Waals surface area contributed by atoms with Gasteiger partial charge >= 0.3 is 0 Å². The van der Waals surface area contributed by atoms with Gasteiger partial charge in [0.15, 0.2) is 0 Å². The van der Waals surface area contributed by atoms with Crippen molar-refractivity contribution in [1.29, 1.82) is 0 Å². The summed E-state index contributed by atoms with van der Waals surface area (Å²) in [5.41, 5.74) is 0.0441. The Bertz CT molecular complexity index is 591. The van der Waals surface area contributed by atoms with Crippen molar-refractivity contribution < 1.29 is 9.18 Å². The lowest BCUT2D eigenvalue weighted by molar-refractivity contribution is 0.0935. The first kappa shape index (κ1) is 14.2. The summed E-state index contributed by atoms with van der Waals surface area (Å²) in [6, 6.07) is 8.32. The highest BCUT2D eigenvalue weighted by Crippen LogP contribution is 2.24. The van der Waals surface area contributed by atoms with E-state index in [1.165, 1.54) is 10.9 Å². The van der Waals surface area contributed by atoms with Gasteiger partial charge in [-0.1, -0.05) is 6.07 Å². The summed E-state index contributed by atoms with van der Waals surface area (Å²) in [6.45, 7) is 3.90. The number of benzene rings is 1. The fourth-order valence-corrected chi connectivity index (χ4v) is 3.14. The number of carbonyl (C=O) groups is 1. The minimum absolute atomic E-state index is 0.0441. The maximum atomic E-state index is 13.7. The van der Waals surface area contributed by atoms with E-state index in [-0.39, 0.29) is 11.6 Å². The van der Waals surface area contributed by atoms with Crippen molar-refractivity contribution in [2.45, 2.75) is 19.9 Å². The third kappa shape index (κ3) is 3.22. The molecule has 0 saturated heterocycles. The van der Waals surface area contributed by atoms with Crippen molar-refractivity contribution in [2.24, 2.45) is 0 Å². The second kappa shape index (κ2) is 5.84. The molecule has 2 rings (SSSR count). The molecule has 0 spiro atoms. The minimum atomic E-state index is -0.526. The van der Waals surface area contributed by atoms with Gasteiger partial charge in [0.25, 0.3) is 5.91 Å². The molecule has 0 bridgehead atoms. The molecule has 0 radical (unpaired) electrons. The fourth-order valence-electron chi connectivity index (χ4n) is 1.74. The van der Waals surface area contributed by atoms with E-state index in [0.717, 1.165) is 4.88 Å². The van der Waals surface area contributed by atoms with Crippen molar-refractivity contribution in [2.75, 3.05) is 0 Å². The largest absolute Gasteiger partial charge is 0.345 e. The van der Waals surface area contributed by atoms with Crippen LogP contribution in [0.4, 0.5) is 4.39 Å². The average Bonchev–Trinajstić information content (AvgIpc) is 2.75. The van der Waals surface area contributed by atoms with Gasteiger partial charge in [0.05, 0.1) is 11.6 Å².